The van der Waals surface area contributed by atoms with Crippen molar-refractivity contribution in [2.75, 3.05) is 5.32 Å². The predicted molar refractivity (Wildman–Crippen MR) is 139 cm³/mol. The Labute approximate surface area is 211 Å². The molecule has 7 heteroatoms. The van der Waals surface area contributed by atoms with Gasteiger partial charge in [-0.2, -0.15) is 0 Å². The monoisotopic (exact) mass is 500 g/mol. The number of carbonyl (C=O) groups is 2. The molecule has 172 valence electrons. The molecule has 35 heavy (non-hydrogen) atoms. The predicted octanol–water partition coefficient (Wildman–Crippen LogP) is 7.53. The number of amides is 1. The van der Waals surface area contributed by atoms with Gasteiger partial charge >= 0.3 is 0 Å². The summed E-state index contributed by atoms with van der Waals surface area (Å²) in [7, 11) is 0. The maximum atomic E-state index is 13.5. The Hall–Kier alpha value is -4.06. The number of nitrogens with zero attached hydrogens (tertiary/aromatic N) is 1. The summed E-state index contributed by atoms with van der Waals surface area (Å²) in [5.41, 5.74) is 2.70. The van der Waals surface area contributed by atoms with Crippen LogP contribution in [0.15, 0.2) is 103 Å². The number of benzene rings is 3. The Morgan fingerprint density at radius 1 is 0.771 bits per heavy atom. The minimum absolute atomic E-state index is 0.243. The van der Waals surface area contributed by atoms with Crippen molar-refractivity contribution in [3.63, 3.8) is 0 Å². The number of fused-ring (bicyclic) bond motifs is 1. The molecule has 0 spiro atoms. The first-order chi connectivity index (χ1) is 17.0. The molecular formula is C28H18Cl2N2O3. The summed E-state index contributed by atoms with van der Waals surface area (Å²) in [4.78, 5) is 26.7. The van der Waals surface area contributed by atoms with Gasteiger partial charge in [-0.25, -0.2) is 0 Å². The summed E-state index contributed by atoms with van der Waals surface area (Å²) in [6.45, 7) is 0. The number of ether oxygens (including phenoxy) is 1. The molecule has 0 atom stereocenters. The first-order valence-electron chi connectivity index (χ1n) is 10.7. The molecule has 2 aromatic heterocycles. The molecule has 1 amide bonds. The van der Waals surface area contributed by atoms with E-state index in [0.29, 0.717) is 27.1 Å². The molecule has 0 aliphatic heterocycles. The van der Waals surface area contributed by atoms with Crippen LogP contribution in [0, 0.1) is 0 Å². The summed E-state index contributed by atoms with van der Waals surface area (Å²) >= 11 is 12.2. The van der Waals surface area contributed by atoms with Gasteiger partial charge in [0, 0.05) is 27.3 Å². The quantitative estimate of drug-likeness (QED) is 0.193. The van der Waals surface area contributed by atoms with Gasteiger partial charge in [0.2, 0.25) is 0 Å². The molecule has 5 nitrogen and oxygen atoms in total. The number of para-hydroxylation sites is 1. The molecular weight excluding hydrogens is 483 g/mol. The van der Waals surface area contributed by atoms with Gasteiger partial charge in [-0.15, -0.1) is 0 Å². The van der Waals surface area contributed by atoms with Crippen molar-refractivity contribution in [2.45, 2.75) is 0 Å². The van der Waals surface area contributed by atoms with Crippen LogP contribution in [0.5, 0.6) is 11.5 Å². The number of carbonyl (C=O) groups excluding carboxylic acids is 2. The first-order valence-corrected chi connectivity index (χ1v) is 11.5. The topological polar surface area (TPSA) is 59.8 Å². The fourth-order valence-electron chi connectivity index (χ4n) is 3.80. The van der Waals surface area contributed by atoms with Gasteiger partial charge in [-0.3, -0.25) is 9.59 Å². The van der Waals surface area contributed by atoms with Crippen molar-refractivity contribution in [2.24, 2.45) is 0 Å². The number of Topliss-reactive ketones (excluding diaryl/α,β-unsaturated/α-hetero) is 1. The number of halogens is 2. The average Bonchev–Trinajstić information content (AvgIpc) is 3.26. The molecule has 5 aromatic rings. The van der Waals surface area contributed by atoms with Gasteiger partial charge in [0.25, 0.3) is 11.7 Å². The van der Waals surface area contributed by atoms with Crippen molar-refractivity contribution < 1.29 is 14.3 Å². The second-order valence-corrected chi connectivity index (χ2v) is 8.62. The van der Waals surface area contributed by atoms with Gasteiger partial charge in [-0.05, 0) is 66.2 Å². The molecule has 0 saturated heterocycles. The number of ketones is 1. The third kappa shape index (κ3) is 4.78. The van der Waals surface area contributed by atoms with E-state index in [2.05, 4.69) is 5.32 Å². The van der Waals surface area contributed by atoms with E-state index in [0.717, 1.165) is 11.1 Å². The summed E-state index contributed by atoms with van der Waals surface area (Å²) in [5, 5.41) is 3.65. The van der Waals surface area contributed by atoms with Crippen molar-refractivity contribution >= 4 is 46.1 Å². The molecule has 0 bridgehead atoms. The number of hydrogen-bond donors (Lipinski definition) is 1. The van der Waals surface area contributed by atoms with Crippen LogP contribution in [0.25, 0.3) is 16.6 Å². The maximum Gasteiger partial charge on any atom is 0.298 e. The largest absolute Gasteiger partial charge is 0.455 e. The van der Waals surface area contributed by atoms with E-state index in [1.807, 2.05) is 48.5 Å². The van der Waals surface area contributed by atoms with Crippen LogP contribution in [0.3, 0.4) is 0 Å². The summed E-state index contributed by atoms with van der Waals surface area (Å²) in [6, 6.07) is 28.5. The summed E-state index contributed by atoms with van der Waals surface area (Å²) in [5.74, 6) is -0.574. The number of pyridine rings is 1. The molecule has 0 aliphatic rings. The Morgan fingerprint density at radius 3 is 2.26 bits per heavy atom. The molecule has 0 saturated carbocycles. The second kappa shape index (κ2) is 9.66. The molecule has 3 aromatic carbocycles. The van der Waals surface area contributed by atoms with E-state index in [9.17, 15) is 9.59 Å². The summed E-state index contributed by atoms with van der Waals surface area (Å²) < 4.78 is 7.61. The van der Waals surface area contributed by atoms with Crippen LogP contribution in [-0.4, -0.2) is 16.1 Å². The van der Waals surface area contributed by atoms with E-state index < -0.39 is 11.7 Å². The number of rotatable bonds is 6. The number of hydrogen-bond acceptors (Lipinski definition) is 3. The smallest absolute Gasteiger partial charge is 0.298 e. The highest BCUT2D eigenvalue weighted by atomic mass is 35.5. The molecule has 0 aliphatic carbocycles. The van der Waals surface area contributed by atoms with E-state index >= 15 is 0 Å². The lowest BCUT2D eigenvalue weighted by molar-refractivity contribution is -0.112. The fraction of sp³-hybridized carbons (Fsp3) is 0. The highest BCUT2D eigenvalue weighted by molar-refractivity contribution is 6.47. The summed E-state index contributed by atoms with van der Waals surface area (Å²) in [6.07, 6.45) is 1.75. The highest BCUT2D eigenvalue weighted by Crippen LogP contribution is 2.33. The van der Waals surface area contributed by atoms with Crippen LogP contribution < -0.4 is 10.1 Å². The normalized spacial score (nSPS) is 10.8. The van der Waals surface area contributed by atoms with Crippen LogP contribution in [0.4, 0.5) is 5.69 Å². The number of anilines is 1. The number of nitrogens with one attached hydrogen (secondary N) is 1. The zero-order valence-electron chi connectivity index (χ0n) is 18.2. The lowest BCUT2D eigenvalue weighted by atomic mass is 10.0. The molecule has 2 heterocycles. The average molecular weight is 501 g/mol. The second-order valence-electron chi connectivity index (χ2n) is 7.75. The standard InChI is InChI=1S/C28H18Cl2N2O3/c29-19-11-9-18(10-12-19)23-17-21-6-4-5-15-32(21)26(23)27(33)28(34)31-24-16-20(30)13-14-25(24)35-22-7-2-1-3-8-22/h1-17H,(H,31,34). The van der Waals surface area contributed by atoms with Crippen LogP contribution in [0.2, 0.25) is 10.0 Å². The molecule has 0 radical (unpaired) electrons. The minimum atomic E-state index is -0.816. The van der Waals surface area contributed by atoms with Gasteiger partial charge in [0.05, 0.1) is 5.69 Å². The Morgan fingerprint density at radius 2 is 1.49 bits per heavy atom. The van der Waals surface area contributed by atoms with E-state index in [1.165, 1.54) is 0 Å². The Bertz CT molecular complexity index is 1540. The van der Waals surface area contributed by atoms with Gasteiger partial charge < -0.3 is 14.5 Å². The lowest BCUT2D eigenvalue weighted by Crippen LogP contribution is -2.25. The third-order valence-electron chi connectivity index (χ3n) is 5.42. The van der Waals surface area contributed by atoms with Crippen molar-refractivity contribution in [3.05, 3.63) is 119 Å². The zero-order chi connectivity index (χ0) is 24.4. The fourth-order valence-corrected chi connectivity index (χ4v) is 4.09. The lowest BCUT2D eigenvalue weighted by Gasteiger charge is -2.13. The van der Waals surface area contributed by atoms with Crippen LogP contribution in [-0.2, 0) is 4.79 Å². The van der Waals surface area contributed by atoms with Crippen molar-refractivity contribution in [1.29, 1.82) is 0 Å². The number of aromatic nitrogens is 1. The SMILES string of the molecule is O=C(Nc1cc(Cl)ccc1Oc1ccccc1)C(=O)c1c(-c2ccc(Cl)cc2)cc2ccccn12. The van der Waals surface area contributed by atoms with Crippen LogP contribution >= 0.6 is 23.2 Å². The van der Waals surface area contributed by atoms with E-state index in [4.69, 9.17) is 27.9 Å². The maximum absolute atomic E-state index is 13.5. The van der Waals surface area contributed by atoms with Gasteiger partial charge in [0.1, 0.15) is 11.4 Å². The van der Waals surface area contributed by atoms with Crippen LogP contribution in [0.1, 0.15) is 10.5 Å². The van der Waals surface area contributed by atoms with E-state index in [-0.39, 0.29) is 11.4 Å². The molecule has 1 N–H and O–H groups in total. The molecule has 0 fully saturated rings. The van der Waals surface area contributed by atoms with Gasteiger partial charge in [-0.1, -0.05) is 59.6 Å². The molecule has 0 unspecified atom stereocenters. The Kier molecular flexibility index (Phi) is 6.27. The van der Waals surface area contributed by atoms with Crippen molar-refractivity contribution in [3.8, 4) is 22.6 Å². The minimum Gasteiger partial charge on any atom is -0.455 e. The molecule has 5 rings (SSSR count). The highest BCUT2D eigenvalue weighted by Gasteiger charge is 2.25. The van der Waals surface area contributed by atoms with E-state index in [1.54, 1.807) is 59.1 Å². The zero-order valence-corrected chi connectivity index (χ0v) is 19.8. The first kappa shape index (κ1) is 22.7. The third-order valence-corrected chi connectivity index (χ3v) is 5.90. The van der Waals surface area contributed by atoms with Gasteiger partial charge in [0.15, 0.2) is 5.75 Å². The Balaban J connectivity index is 1.51. The van der Waals surface area contributed by atoms with Crippen molar-refractivity contribution in [1.82, 2.24) is 4.40 Å².